The van der Waals surface area contributed by atoms with Crippen LogP contribution in [0.3, 0.4) is 0 Å². The van der Waals surface area contributed by atoms with E-state index in [-0.39, 0.29) is 6.61 Å². The molecule has 5 nitrogen and oxygen atoms in total. The van der Waals surface area contributed by atoms with Crippen molar-refractivity contribution in [2.45, 2.75) is 231 Å². The smallest absolute Gasteiger partial charge is 0.249 e. The van der Waals surface area contributed by atoms with Crippen LogP contribution in [-0.4, -0.2) is 46.1 Å². The first kappa shape index (κ1) is 45.8. The third-order valence-electron chi connectivity index (χ3n) is 9.54. The van der Waals surface area contributed by atoms with E-state index in [1.54, 1.807) is 6.08 Å². The largest absolute Gasteiger partial charge is 0.394 e. The average Bonchev–Trinajstić information content (AvgIpc) is 3.07. The van der Waals surface area contributed by atoms with Crippen molar-refractivity contribution in [2.24, 2.45) is 0 Å². The molecule has 1 amide bonds. The number of hydrogen-bond donors (Lipinski definition) is 4. The number of unbranched alkanes of at least 4 members (excludes halogenated alkanes) is 27. The second-order valence-corrected chi connectivity index (χ2v) is 14.2. The summed E-state index contributed by atoms with van der Waals surface area (Å²) in [6.07, 6.45) is 44.8. The summed E-state index contributed by atoms with van der Waals surface area (Å²) < 4.78 is 0. The van der Waals surface area contributed by atoms with Crippen molar-refractivity contribution in [3.8, 4) is 0 Å². The zero-order chi connectivity index (χ0) is 34.5. The molecule has 3 atom stereocenters. The Hall–Kier alpha value is -1.17. The molecule has 0 aliphatic carbocycles. The standard InChI is InChI=1S/C42H81NO4/c1-3-5-7-9-11-13-15-17-19-21-23-24-26-28-30-32-34-36-40(45)39(38-44)43-42(47)41(46)37-35-33-31-29-27-25-22-20-18-16-14-12-10-8-6-4-2/h18,20,34,36,39-41,44-46H,3-17,19,21-33,35,37-38H2,1-2H3,(H,43,47)/b20-18-,36-34+. The normalized spacial score (nSPS) is 13.9. The zero-order valence-corrected chi connectivity index (χ0v) is 31.4. The van der Waals surface area contributed by atoms with Gasteiger partial charge in [-0.15, -0.1) is 0 Å². The summed E-state index contributed by atoms with van der Waals surface area (Å²) in [6.45, 7) is 4.17. The maximum atomic E-state index is 12.4. The highest BCUT2D eigenvalue weighted by atomic mass is 16.3. The lowest BCUT2D eigenvalue weighted by Crippen LogP contribution is -2.48. The average molecular weight is 664 g/mol. The molecule has 0 aromatic carbocycles. The van der Waals surface area contributed by atoms with E-state index in [0.717, 1.165) is 32.1 Å². The molecule has 0 saturated carbocycles. The molecule has 0 aliphatic heterocycles. The number of aliphatic hydroxyl groups is 3. The van der Waals surface area contributed by atoms with Gasteiger partial charge in [-0.3, -0.25) is 4.79 Å². The number of nitrogens with one attached hydrogen (secondary N) is 1. The monoisotopic (exact) mass is 664 g/mol. The molecule has 0 aromatic heterocycles. The van der Waals surface area contributed by atoms with E-state index in [2.05, 4.69) is 31.3 Å². The first-order valence-electron chi connectivity index (χ1n) is 20.7. The molecule has 0 aliphatic rings. The predicted molar refractivity (Wildman–Crippen MR) is 204 cm³/mol. The van der Waals surface area contributed by atoms with Crippen molar-refractivity contribution in [2.75, 3.05) is 6.61 Å². The lowest BCUT2D eigenvalue weighted by atomic mass is 10.0. The van der Waals surface area contributed by atoms with Crippen LogP contribution in [0.25, 0.3) is 0 Å². The fourth-order valence-corrected chi connectivity index (χ4v) is 6.24. The quantitative estimate of drug-likeness (QED) is 0.0393. The molecule has 4 N–H and O–H groups in total. The van der Waals surface area contributed by atoms with Gasteiger partial charge in [0.1, 0.15) is 6.10 Å². The number of carbonyl (C=O) groups is 1. The third-order valence-corrected chi connectivity index (χ3v) is 9.54. The summed E-state index contributed by atoms with van der Waals surface area (Å²) >= 11 is 0. The molecule has 0 spiro atoms. The van der Waals surface area contributed by atoms with Gasteiger partial charge in [0.15, 0.2) is 0 Å². The maximum absolute atomic E-state index is 12.4. The highest BCUT2D eigenvalue weighted by Gasteiger charge is 2.22. The molecule has 278 valence electrons. The Labute approximate surface area is 292 Å². The Morgan fingerprint density at radius 2 is 0.851 bits per heavy atom. The van der Waals surface area contributed by atoms with Crippen LogP contribution >= 0.6 is 0 Å². The highest BCUT2D eigenvalue weighted by molar-refractivity contribution is 5.80. The van der Waals surface area contributed by atoms with Gasteiger partial charge in [0, 0.05) is 0 Å². The van der Waals surface area contributed by atoms with Crippen LogP contribution in [0.2, 0.25) is 0 Å². The van der Waals surface area contributed by atoms with Crippen molar-refractivity contribution in [3.05, 3.63) is 24.3 Å². The SMILES string of the molecule is CCCCCCCC/C=C\CCCCCCCCC(O)C(=O)NC(CO)C(O)/C=C/CCCCCCCCCCCCCCCCC. The van der Waals surface area contributed by atoms with Crippen molar-refractivity contribution >= 4 is 5.91 Å². The van der Waals surface area contributed by atoms with Crippen LogP contribution in [0.4, 0.5) is 0 Å². The first-order chi connectivity index (χ1) is 23.1. The number of amides is 1. The molecule has 0 aromatic rings. The van der Waals surface area contributed by atoms with Gasteiger partial charge in [-0.05, 0) is 44.9 Å². The fourth-order valence-electron chi connectivity index (χ4n) is 6.24. The number of allylic oxidation sites excluding steroid dienone is 3. The lowest BCUT2D eigenvalue weighted by molar-refractivity contribution is -0.131. The molecule has 5 heteroatoms. The summed E-state index contributed by atoms with van der Waals surface area (Å²) in [7, 11) is 0. The van der Waals surface area contributed by atoms with E-state index in [9.17, 15) is 20.1 Å². The predicted octanol–water partition coefficient (Wildman–Crippen LogP) is 11.4. The molecule has 0 heterocycles. The van der Waals surface area contributed by atoms with Crippen LogP contribution in [0.5, 0.6) is 0 Å². The van der Waals surface area contributed by atoms with Crippen molar-refractivity contribution in [3.63, 3.8) is 0 Å². The van der Waals surface area contributed by atoms with Crippen LogP contribution in [-0.2, 0) is 4.79 Å². The Bertz CT molecular complexity index is 694. The minimum atomic E-state index is -1.10. The molecule has 47 heavy (non-hydrogen) atoms. The number of aliphatic hydroxyl groups excluding tert-OH is 3. The van der Waals surface area contributed by atoms with Gasteiger partial charge in [0.2, 0.25) is 5.91 Å². The van der Waals surface area contributed by atoms with E-state index in [4.69, 9.17) is 0 Å². The minimum absolute atomic E-state index is 0.364. The van der Waals surface area contributed by atoms with E-state index in [1.165, 1.54) is 161 Å². The Morgan fingerprint density at radius 3 is 1.23 bits per heavy atom. The van der Waals surface area contributed by atoms with Crippen molar-refractivity contribution < 1.29 is 20.1 Å². The van der Waals surface area contributed by atoms with Crippen molar-refractivity contribution in [1.29, 1.82) is 0 Å². The van der Waals surface area contributed by atoms with Crippen LogP contribution in [0.15, 0.2) is 24.3 Å². The van der Waals surface area contributed by atoms with Gasteiger partial charge in [0.05, 0.1) is 18.8 Å². The van der Waals surface area contributed by atoms with Gasteiger partial charge < -0.3 is 20.6 Å². The Morgan fingerprint density at radius 1 is 0.511 bits per heavy atom. The number of rotatable bonds is 37. The Balaban J connectivity index is 3.71. The van der Waals surface area contributed by atoms with Crippen LogP contribution in [0, 0.1) is 0 Å². The molecule has 0 radical (unpaired) electrons. The molecule has 0 rings (SSSR count). The van der Waals surface area contributed by atoms with E-state index in [1.807, 2.05) is 6.08 Å². The highest BCUT2D eigenvalue weighted by Crippen LogP contribution is 2.15. The van der Waals surface area contributed by atoms with E-state index < -0.39 is 24.2 Å². The van der Waals surface area contributed by atoms with Crippen LogP contribution < -0.4 is 5.32 Å². The Kier molecular flexibility index (Phi) is 36.7. The molecular formula is C42H81NO4. The number of hydrogen-bond acceptors (Lipinski definition) is 4. The van der Waals surface area contributed by atoms with Gasteiger partial charge in [-0.2, -0.15) is 0 Å². The molecule has 3 unspecified atom stereocenters. The fraction of sp³-hybridized carbons (Fsp3) is 0.881. The third kappa shape index (κ3) is 33.1. The summed E-state index contributed by atoms with van der Waals surface area (Å²) in [6, 6.07) is -0.797. The van der Waals surface area contributed by atoms with Crippen LogP contribution in [0.1, 0.15) is 213 Å². The molecule has 0 fully saturated rings. The van der Waals surface area contributed by atoms with Gasteiger partial charge >= 0.3 is 0 Å². The second kappa shape index (κ2) is 37.6. The van der Waals surface area contributed by atoms with Gasteiger partial charge in [-0.1, -0.05) is 192 Å². The molecule has 0 bridgehead atoms. The summed E-state index contributed by atoms with van der Waals surface area (Å²) in [5, 5.41) is 33.1. The minimum Gasteiger partial charge on any atom is -0.394 e. The number of carbonyl (C=O) groups excluding carboxylic acids is 1. The first-order valence-corrected chi connectivity index (χ1v) is 20.7. The lowest BCUT2D eigenvalue weighted by Gasteiger charge is -2.21. The van der Waals surface area contributed by atoms with E-state index in [0.29, 0.717) is 6.42 Å². The summed E-state index contributed by atoms with van der Waals surface area (Å²) in [4.78, 5) is 12.4. The molecule has 0 saturated heterocycles. The molecular weight excluding hydrogens is 582 g/mol. The summed E-state index contributed by atoms with van der Waals surface area (Å²) in [5.41, 5.74) is 0. The van der Waals surface area contributed by atoms with Gasteiger partial charge in [0.25, 0.3) is 0 Å². The zero-order valence-electron chi connectivity index (χ0n) is 31.4. The second-order valence-electron chi connectivity index (χ2n) is 14.2. The van der Waals surface area contributed by atoms with Gasteiger partial charge in [-0.25, -0.2) is 0 Å². The summed E-state index contributed by atoms with van der Waals surface area (Å²) in [5.74, 6) is -0.508. The van der Waals surface area contributed by atoms with E-state index >= 15 is 0 Å². The maximum Gasteiger partial charge on any atom is 0.249 e. The van der Waals surface area contributed by atoms with Crippen molar-refractivity contribution in [1.82, 2.24) is 5.32 Å². The topological polar surface area (TPSA) is 89.8 Å².